The molecule has 0 spiro atoms. The van der Waals surface area contributed by atoms with E-state index in [2.05, 4.69) is 31.2 Å². The topological polar surface area (TPSA) is 55.1 Å². The van der Waals surface area contributed by atoms with E-state index < -0.39 is 0 Å². The molecule has 4 nitrogen and oxygen atoms in total. The predicted molar refractivity (Wildman–Crippen MR) is 114 cm³/mol. The average molecular weight is 403 g/mol. The fourth-order valence-electron chi connectivity index (χ4n) is 3.51. The molecule has 0 bridgehead atoms. The second-order valence-electron chi connectivity index (χ2n) is 9.19. The lowest BCUT2D eigenvalue weighted by atomic mass is 9.89. The van der Waals surface area contributed by atoms with Crippen LogP contribution >= 0.6 is 11.6 Å². The zero-order valence-corrected chi connectivity index (χ0v) is 18.2. The molecule has 28 heavy (non-hydrogen) atoms. The van der Waals surface area contributed by atoms with Crippen molar-refractivity contribution in [3.8, 4) is 0 Å². The van der Waals surface area contributed by atoms with Gasteiger partial charge in [-0.1, -0.05) is 43.6 Å². The van der Waals surface area contributed by atoms with Gasteiger partial charge in [0.2, 0.25) is 5.91 Å². The van der Waals surface area contributed by atoms with Crippen molar-refractivity contribution < 1.29 is 9.32 Å². The summed E-state index contributed by atoms with van der Waals surface area (Å²) < 4.78 is 5.69. The number of carbonyl (C=O) groups is 1. The highest BCUT2D eigenvalue weighted by Crippen LogP contribution is 2.44. The molecule has 1 amide bonds. The number of hydrogen-bond acceptors (Lipinski definition) is 3. The molecule has 0 saturated heterocycles. The fourth-order valence-corrected chi connectivity index (χ4v) is 3.79. The number of halogens is 1. The number of aromatic nitrogens is 1. The van der Waals surface area contributed by atoms with Gasteiger partial charge in [-0.15, -0.1) is 0 Å². The quantitative estimate of drug-likeness (QED) is 0.551. The molecule has 0 radical (unpaired) electrons. The van der Waals surface area contributed by atoms with Crippen molar-refractivity contribution in [2.45, 2.75) is 78.6 Å². The number of aryl methyl sites for hydroxylation is 3. The van der Waals surface area contributed by atoms with Gasteiger partial charge in [0.1, 0.15) is 5.76 Å². The van der Waals surface area contributed by atoms with E-state index in [0.29, 0.717) is 34.9 Å². The fraction of sp³-hybridized carbons (Fsp3) is 0.565. The Morgan fingerprint density at radius 1 is 1.29 bits per heavy atom. The van der Waals surface area contributed by atoms with E-state index >= 15 is 0 Å². The largest absolute Gasteiger partial charge is 0.361 e. The van der Waals surface area contributed by atoms with Crippen LogP contribution in [0.1, 0.15) is 81.4 Å². The van der Waals surface area contributed by atoms with Gasteiger partial charge in [-0.3, -0.25) is 4.79 Å². The highest BCUT2D eigenvalue weighted by Gasteiger charge is 2.32. The SMILES string of the molecule is Cc1ccc(NC(=O)CCc2noc(CCCC(C)(C)C)c2C2CC2)c(Cl)c1. The van der Waals surface area contributed by atoms with Crippen LogP contribution in [0.3, 0.4) is 0 Å². The summed E-state index contributed by atoms with van der Waals surface area (Å²) in [6, 6.07) is 5.63. The molecule has 1 N–H and O–H groups in total. The van der Waals surface area contributed by atoms with Crippen LogP contribution in [0.4, 0.5) is 5.69 Å². The van der Waals surface area contributed by atoms with Crippen LogP contribution in [0.5, 0.6) is 0 Å². The number of benzene rings is 1. The van der Waals surface area contributed by atoms with Crippen molar-refractivity contribution in [2.75, 3.05) is 5.32 Å². The highest BCUT2D eigenvalue weighted by atomic mass is 35.5. The standard InChI is InChI=1S/C23H31ClN2O2/c1-15-7-10-18(17(24)14-15)25-21(27)12-11-19-22(16-8-9-16)20(28-26-19)6-5-13-23(2,3)4/h7,10,14,16H,5-6,8-9,11-13H2,1-4H3,(H,25,27). The Hall–Kier alpha value is -1.81. The second-order valence-corrected chi connectivity index (χ2v) is 9.59. The monoisotopic (exact) mass is 402 g/mol. The summed E-state index contributed by atoms with van der Waals surface area (Å²) in [5.41, 5.74) is 4.28. The molecule has 0 aliphatic heterocycles. The maximum absolute atomic E-state index is 12.4. The van der Waals surface area contributed by atoms with E-state index in [4.69, 9.17) is 16.1 Å². The summed E-state index contributed by atoms with van der Waals surface area (Å²) in [5.74, 6) is 1.55. The van der Waals surface area contributed by atoms with E-state index in [1.165, 1.54) is 18.4 Å². The average Bonchev–Trinajstić information content (AvgIpc) is 3.36. The number of anilines is 1. The van der Waals surface area contributed by atoms with E-state index in [1.807, 2.05) is 25.1 Å². The van der Waals surface area contributed by atoms with Crippen LogP contribution in [0.2, 0.25) is 5.02 Å². The molecular weight excluding hydrogens is 372 g/mol. The van der Waals surface area contributed by atoms with Crippen molar-refractivity contribution in [3.63, 3.8) is 0 Å². The van der Waals surface area contributed by atoms with Gasteiger partial charge in [-0.05, 0) is 61.6 Å². The Labute approximate surface area is 173 Å². The van der Waals surface area contributed by atoms with Crippen LogP contribution in [-0.4, -0.2) is 11.1 Å². The van der Waals surface area contributed by atoms with Crippen molar-refractivity contribution in [2.24, 2.45) is 5.41 Å². The molecule has 0 atom stereocenters. The first-order valence-corrected chi connectivity index (χ1v) is 10.6. The third kappa shape index (κ3) is 5.84. The number of amides is 1. The van der Waals surface area contributed by atoms with Gasteiger partial charge in [0.25, 0.3) is 0 Å². The molecule has 1 aromatic carbocycles. The van der Waals surface area contributed by atoms with Crippen molar-refractivity contribution >= 4 is 23.2 Å². The summed E-state index contributed by atoms with van der Waals surface area (Å²) in [7, 11) is 0. The molecule has 1 aliphatic carbocycles. The number of rotatable bonds is 8. The van der Waals surface area contributed by atoms with Crippen LogP contribution in [0.15, 0.2) is 22.7 Å². The van der Waals surface area contributed by atoms with Gasteiger partial charge in [-0.2, -0.15) is 0 Å². The molecule has 3 rings (SSSR count). The minimum absolute atomic E-state index is 0.0511. The molecule has 1 aliphatic rings. The van der Waals surface area contributed by atoms with Crippen molar-refractivity contribution in [1.29, 1.82) is 0 Å². The van der Waals surface area contributed by atoms with Crippen molar-refractivity contribution in [3.05, 3.63) is 45.8 Å². The maximum Gasteiger partial charge on any atom is 0.224 e. The molecule has 1 fully saturated rings. The number of hydrogen-bond donors (Lipinski definition) is 1. The van der Waals surface area contributed by atoms with Gasteiger partial charge in [0.05, 0.1) is 16.4 Å². The lowest BCUT2D eigenvalue weighted by Gasteiger charge is -2.17. The third-order valence-electron chi connectivity index (χ3n) is 5.18. The highest BCUT2D eigenvalue weighted by molar-refractivity contribution is 6.33. The number of nitrogens with zero attached hydrogens (tertiary/aromatic N) is 1. The van der Waals surface area contributed by atoms with E-state index in [0.717, 1.165) is 36.3 Å². The second kappa shape index (κ2) is 8.69. The molecule has 5 heteroatoms. The Morgan fingerprint density at radius 3 is 2.68 bits per heavy atom. The zero-order valence-electron chi connectivity index (χ0n) is 17.4. The smallest absolute Gasteiger partial charge is 0.224 e. The van der Waals surface area contributed by atoms with E-state index in [9.17, 15) is 4.79 Å². The minimum atomic E-state index is -0.0511. The summed E-state index contributed by atoms with van der Waals surface area (Å²) in [5, 5.41) is 7.78. The van der Waals surface area contributed by atoms with Crippen molar-refractivity contribution in [1.82, 2.24) is 5.16 Å². The number of nitrogens with one attached hydrogen (secondary N) is 1. The zero-order chi connectivity index (χ0) is 20.3. The third-order valence-corrected chi connectivity index (χ3v) is 5.49. The van der Waals surface area contributed by atoms with Crippen LogP contribution in [0, 0.1) is 12.3 Å². The predicted octanol–water partition coefficient (Wildman–Crippen LogP) is 6.45. The van der Waals surface area contributed by atoms with Gasteiger partial charge in [0, 0.05) is 24.8 Å². The van der Waals surface area contributed by atoms with Crippen LogP contribution in [0.25, 0.3) is 0 Å². The first-order chi connectivity index (χ1) is 13.2. The number of carbonyl (C=O) groups excluding carboxylic acids is 1. The molecule has 2 aromatic rings. The molecule has 152 valence electrons. The summed E-state index contributed by atoms with van der Waals surface area (Å²) in [6.07, 6.45) is 6.57. The van der Waals surface area contributed by atoms with E-state index in [-0.39, 0.29) is 5.91 Å². The van der Waals surface area contributed by atoms with Gasteiger partial charge < -0.3 is 9.84 Å². The Bertz CT molecular complexity index is 832. The lowest BCUT2D eigenvalue weighted by molar-refractivity contribution is -0.116. The molecule has 1 saturated carbocycles. The minimum Gasteiger partial charge on any atom is -0.361 e. The Kier molecular flexibility index (Phi) is 6.49. The van der Waals surface area contributed by atoms with E-state index in [1.54, 1.807) is 0 Å². The van der Waals surface area contributed by atoms with Gasteiger partial charge in [0.15, 0.2) is 0 Å². The van der Waals surface area contributed by atoms with Crippen LogP contribution in [-0.2, 0) is 17.6 Å². The Morgan fingerprint density at radius 2 is 2.04 bits per heavy atom. The maximum atomic E-state index is 12.4. The molecule has 1 heterocycles. The normalized spacial score (nSPS) is 14.3. The molecular formula is C23H31ClN2O2. The van der Waals surface area contributed by atoms with Gasteiger partial charge in [-0.25, -0.2) is 0 Å². The Balaban J connectivity index is 1.58. The summed E-state index contributed by atoms with van der Waals surface area (Å²) in [6.45, 7) is 8.76. The molecule has 0 unspecified atom stereocenters. The molecule has 1 aromatic heterocycles. The van der Waals surface area contributed by atoms with Gasteiger partial charge >= 0.3 is 0 Å². The van der Waals surface area contributed by atoms with Crippen LogP contribution < -0.4 is 5.32 Å². The lowest BCUT2D eigenvalue weighted by Crippen LogP contribution is -2.13. The summed E-state index contributed by atoms with van der Waals surface area (Å²) in [4.78, 5) is 12.4. The first kappa shape index (κ1) is 20.9. The first-order valence-electron chi connectivity index (χ1n) is 10.3. The summed E-state index contributed by atoms with van der Waals surface area (Å²) >= 11 is 6.21.